The summed E-state index contributed by atoms with van der Waals surface area (Å²) >= 11 is 0. The standard InChI is InChI=1S/CH6N2.2ClH.Pd/c2-1-3;;;/h1-3H2;2*1H;/q;;;+2/p-2. The van der Waals surface area contributed by atoms with Crippen LogP contribution in [0, 0.1) is 0 Å². The predicted molar refractivity (Wildman–Crippen MR) is 13.2 cm³/mol. The van der Waals surface area contributed by atoms with Crippen molar-refractivity contribution in [1.29, 1.82) is 0 Å². The topological polar surface area (TPSA) is 52.0 Å². The molecule has 0 rings (SSSR count). The van der Waals surface area contributed by atoms with Crippen molar-refractivity contribution in [3.8, 4) is 0 Å². The van der Waals surface area contributed by atoms with Crippen molar-refractivity contribution in [2.75, 3.05) is 6.67 Å². The van der Waals surface area contributed by atoms with Gasteiger partial charge in [-0.2, -0.15) is 0 Å². The summed E-state index contributed by atoms with van der Waals surface area (Å²) < 4.78 is 0. The Morgan fingerprint density at radius 3 is 1.00 bits per heavy atom. The Morgan fingerprint density at radius 1 is 1.00 bits per heavy atom. The molecule has 0 heterocycles. The van der Waals surface area contributed by atoms with Gasteiger partial charge in [0.15, 0.2) is 0 Å². The number of hydrogen-bond donors (Lipinski definition) is 2. The first-order valence-electron chi connectivity index (χ1n) is 0.816. The molecule has 0 bridgehead atoms. The van der Waals surface area contributed by atoms with Gasteiger partial charge in [-0.25, -0.2) is 0 Å². The van der Waals surface area contributed by atoms with Crippen LogP contribution in [0.15, 0.2) is 0 Å². The van der Waals surface area contributed by atoms with Crippen LogP contribution in [-0.2, 0) is 20.4 Å². The molecule has 0 amide bonds. The maximum atomic E-state index is 4.62. The Bertz CT molecular complexity index is 11.5. The Labute approximate surface area is 63.5 Å². The average molecular weight is 223 g/mol. The van der Waals surface area contributed by atoms with E-state index in [1.807, 2.05) is 0 Å². The number of nitrogens with two attached hydrogens (primary N) is 2. The van der Waals surface area contributed by atoms with Gasteiger partial charge in [-0.3, -0.25) is 0 Å². The number of hydrogen-bond acceptors (Lipinski definition) is 2. The second-order valence-corrected chi connectivity index (χ2v) is 0.236. The molecule has 0 fully saturated rings. The molecule has 2 nitrogen and oxygen atoms in total. The summed E-state index contributed by atoms with van der Waals surface area (Å²) in [7, 11) is 0. The third-order valence-corrected chi connectivity index (χ3v) is 0. The van der Waals surface area contributed by atoms with Crippen LogP contribution in [0.25, 0.3) is 0 Å². The minimum atomic E-state index is 0. The van der Waals surface area contributed by atoms with Crippen LogP contribution >= 0.6 is 0 Å². The Balaban J connectivity index is -0.00000000667. The van der Waals surface area contributed by atoms with Gasteiger partial charge in [0.2, 0.25) is 0 Å². The second kappa shape index (κ2) is 35.1. The summed E-state index contributed by atoms with van der Waals surface area (Å²) in [4.78, 5) is 0. The van der Waals surface area contributed by atoms with Gasteiger partial charge in [-0.1, -0.05) is 0 Å². The first-order valence-corrected chi connectivity index (χ1v) is 0.816. The zero-order valence-corrected chi connectivity index (χ0v) is 6.00. The van der Waals surface area contributed by atoms with E-state index in [1.165, 1.54) is 0 Å². The Kier molecular flexibility index (Phi) is 159. The molecular weight excluding hydrogens is 217 g/mol. The number of rotatable bonds is 0. The molecule has 0 radical (unpaired) electrons. The van der Waals surface area contributed by atoms with Crippen LogP contribution in [0.1, 0.15) is 0 Å². The minimum Gasteiger partial charge on any atom is -1.00 e. The van der Waals surface area contributed by atoms with Crippen molar-refractivity contribution in [3.05, 3.63) is 0 Å². The minimum absolute atomic E-state index is 0. The summed E-state index contributed by atoms with van der Waals surface area (Å²) in [5.41, 5.74) is 9.25. The van der Waals surface area contributed by atoms with E-state index in [0.717, 1.165) is 0 Å². The molecule has 44 valence electrons. The molecule has 0 unspecified atom stereocenters. The molecule has 0 aromatic rings. The van der Waals surface area contributed by atoms with E-state index in [9.17, 15) is 0 Å². The van der Waals surface area contributed by atoms with E-state index in [1.54, 1.807) is 0 Å². The fourth-order valence-electron chi connectivity index (χ4n) is 0. The van der Waals surface area contributed by atoms with Gasteiger partial charge < -0.3 is 36.3 Å². The zero-order valence-electron chi connectivity index (χ0n) is 2.93. The van der Waals surface area contributed by atoms with Crippen molar-refractivity contribution >= 4 is 0 Å². The largest absolute Gasteiger partial charge is 2.00 e. The van der Waals surface area contributed by atoms with Gasteiger partial charge in [0.1, 0.15) is 0 Å². The fraction of sp³-hybridized carbons (Fsp3) is 1.00. The van der Waals surface area contributed by atoms with Crippen molar-refractivity contribution in [3.63, 3.8) is 0 Å². The third-order valence-electron chi connectivity index (χ3n) is 0. The molecule has 4 N–H and O–H groups in total. The molecule has 0 saturated carbocycles. The van der Waals surface area contributed by atoms with Crippen LogP contribution in [0.2, 0.25) is 0 Å². The number of halogens is 2. The summed E-state index contributed by atoms with van der Waals surface area (Å²) in [6.07, 6.45) is 0. The molecule has 0 spiro atoms. The molecule has 0 aliphatic rings. The van der Waals surface area contributed by atoms with E-state index in [4.69, 9.17) is 0 Å². The van der Waals surface area contributed by atoms with Gasteiger partial charge in [0.05, 0.1) is 0 Å². The molecule has 0 aromatic heterocycles. The van der Waals surface area contributed by atoms with Crippen LogP contribution in [0.4, 0.5) is 0 Å². The summed E-state index contributed by atoms with van der Waals surface area (Å²) in [5, 5.41) is 0. The first-order chi connectivity index (χ1) is 1.41. The smallest absolute Gasteiger partial charge is 1.00 e. The average Bonchev–Trinajstić information content (AvgIpc) is 0.918. The van der Waals surface area contributed by atoms with Gasteiger partial charge in [-0.15, -0.1) is 0 Å². The molecule has 6 heavy (non-hydrogen) atoms. The Morgan fingerprint density at radius 2 is 1.00 bits per heavy atom. The van der Waals surface area contributed by atoms with Crippen molar-refractivity contribution < 1.29 is 45.2 Å². The van der Waals surface area contributed by atoms with Crippen LogP contribution < -0.4 is 36.3 Å². The van der Waals surface area contributed by atoms with Crippen LogP contribution in [0.5, 0.6) is 0 Å². The van der Waals surface area contributed by atoms with Crippen LogP contribution in [0.3, 0.4) is 0 Å². The van der Waals surface area contributed by atoms with Gasteiger partial charge in [0, 0.05) is 6.67 Å². The maximum Gasteiger partial charge on any atom is 2.00 e. The zero-order chi connectivity index (χ0) is 2.71. The molecular formula is CH6Cl2N2Pd. The molecule has 5 heteroatoms. The molecule has 0 aliphatic carbocycles. The van der Waals surface area contributed by atoms with E-state index >= 15 is 0 Å². The van der Waals surface area contributed by atoms with Crippen LogP contribution in [-0.4, -0.2) is 6.67 Å². The SMILES string of the molecule is NCN.[Cl-].[Cl-].[Pd+2]. The van der Waals surface area contributed by atoms with Gasteiger partial charge >= 0.3 is 20.4 Å². The summed E-state index contributed by atoms with van der Waals surface area (Å²) in [6, 6.07) is 0. The third kappa shape index (κ3) is 66.2. The van der Waals surface area contributed by atoms with E-state index < -0.39 is 0 Å². The quantitative estimate of drug-likeness (QED) is 0.317. The molecule has 0 saturated heterocycles. The maximum absolute atomic E-state index is 4.62. The second-order valence-electron chi connectivity index (χ2n) is 0.236. The first kappa shape index (κ1) is 27.2. The summed E-state index contributed by atoms with van der Waals surface area (Å²) in [5.74, 6) is 0. The Hall–Kier alpha value is 1.16. The van der Waals surface area contributed by atoms with Crippen molar-refractivity contribution in [1.82, 2.24) is 0 Å². The molecule has 0 atom stereocenters. The summed E-state index contributed by atoms with van der Waals surface area (Å²) in [6.45, 7) is 0.250. The molecule has 0 aliphatic heterocycles. The monoisotopic (exact) mass is 222 g/mol. The van der Waals surface area contributed by atoms with E-state index in [2.05, 4.69) is 11.5 Å². The normalized spacial score (nSPS) is 3.00. The predicted octanol–water partition coefficient (Wildman–Crippen LogP) is -7.13. The van der Waals surface area contributed by atoms with E-state index in [0.29, 0.717) is 0 Å². The van der Waals surface area contributed by atoms with Crippen molar-refractivity contribution in [2.45, 2.75) is 0 Å². The van der Waals surface area contributed by atoms with Crippen molar-refractivity contribution in [2.24, 2.45) is 11.5 Å². The molecule has 0 aromatic carbocycles. The fourth-order valence-corrected chi connectivity index (χ4v) is 0. The van der Waals surface area contributed by atoms with Gasteiger partial charge in [-0.05, 0) is 0 Å². The van der Waals surface area contributed by atoms with Gasteiger partial charge in [0.25, 0.3) is 0 Å². The van der Waals surface area contributed by atoms with E-state index in [-0.39, 0.29) is 51.9 Å².